The molecule has 0 radical (unpaired) electrons. The van der Waals surface area contributed by atoms with Crippen molar-refractivity contribution in [3.63, 3.8) is 0 Å². The van der Waals surface area contributed by atoms with Gasteiger partial charge in [0.15, 0.2) is 0 Å². The van der Waals surface area contributed by atoms with Crippen molar-refractivity contribution in [3.8, 4) is 0 Å². The van der Waals surface area contributed by atoms with E-state index in [9.17, 15) is 0 Å². The lowest BCUT2D eigenvalue weighted by atomic mass is 10.3. The summed E-state index contributed by atoms with van der Waals surface area (Å²) < 4.78 is 33.0. The molecule has 7 heteroatoms. The minimum Gasteiger partial charge on any atom is -0.392 e. The first-order chi connectivity index (χ1) is 13.5. The Morgan fingerprint density at radius 1 is 0.483 bits per heavy atom. The van der Waals surface area contributed by atoms with Crippen LogP contribution in [0.5, 0.6) is 0 Å². The van der Waals surface area contributed by atoms with E-state index in [2.05, 4.69) is 75.8 Å². The molecule has 0 aromatic carbocycles. The van der Waals surface area contributed by atoms with Crippen LogP contribution in [0.4, 0.5) is 0 Å². The molecule has 0 saturated carbocycles. The van der Waals surface area contributed by atoms with Crippen LogP contribution in [0.25, 0.3) is 0 Å². The second kappa shape index (κ2) is 14.3. The Morgan fingerprint density at radius 2 is 0.724 bits per heavy atom. The van der Waals surface area contributed by atoms with Gasteiger partial charge in [-0.3, -0.25) is 0 Å². The summed E-state index contributed by atoms with van der Waals surface area (Å²) in [4.78, 5) is 0. The molecular formula is C22H50O5Si2. The predicted octanol–water partition coefficient (Wildman–Crippen LogP) is 6.61. The molecule has 0 saturated heterocycles. The lowest BCUT2D eigenvalue weighted by molar-refractivity contribution is -0.0114. The van der Waals surface area contributed by atoms with Crippen LogP contribution in [0.3, 0.4) is 0 Å². The van der Waals surface area contributed by atoms with Crippen molar-refractivity contribution < 1.29 is 22.1 Å². The van der Waals surface area contributed by atoms with E-state index in [1.807, 2.05) is 0 Å². The van der Waals surface area contributed by atoms with Crippen LogP contribution in [-0.2, 0) is 22.1 Å². The van der Waals surface area contributed by atoms with E-state index in [0.29, 0.717) is 5.67 Å². The molecule has 29 heavy (non-hydrogen) atoms. The van der Waals surface area contributed by atoms with E-state index >= 15 is 0 Å². The molecule has 0 fully saturated rings. The van der Waals surface area contributed by atoms with E-state index in [1.54, 1.807) is 0 Å². The van der Waals surface area contributed by atoms with E-state index < -0.39 is 17.4 Å². The first-order valence-electron chi connectivity index (χ1n) is 11.9. The molecule has 0 aromatic heterocycles. The van der Waals surface area contributed by atoms with Gasteiger partial charge in [-0.25, -0.2) is 0 Å². The molecule has 0 aliphatic carbocycles. The molecule has 5 nitrogen and oxygen atoms in total. The van der Waals surface area contributed by atoms with Gasteiger partial charge in [-0.2, -0.15) is 0 Å². The third-order valence-corrected chi connectivity index (χ3v) is 13.8. The summed E-state index contributed by atoms with van der Waals surface area (Å²) in [6.07, 6.45) is 5.13. The summed E-state index contributed by atoms with van der Waals surface area (Å²) in [5, 5.41) is 0. The Kier molecular flexibility index (Phi) is 14.4. The molecule has 0 aromatic rings. The fraction of sp³-hybridized carbons (Fsp3) is 1.00. The van der Waals surface area contributed by atoms with Crippen molar-refractivity contribution in [2.75, 3.05) is 0 Å². The second-order valence-electron chi connectivity index (χ2n) is 8.68. The average Bonchev–Trinajstić information content (AvgIpc) is 2.66. The molecule has 0 spiro atoms. The summed E-state index contributed by atoms with van der Waals surface area (Å²) in [5.74, 6) is 0. The second-order valence-corrected chi connectivity index (χ2v) is 14.9. The highest BCUT2D eigenvalue weighted by Gasteiger charge is 2.54. The van der Waals surface area contributed by atoms with Gasteiger partial charge in [-0.05, 0) is 73.3 Å². The fourth-order valence-corrected chi connectivity index (χ4v) is 12.3. The van der Waals surface area contributed by atoms with Gasteiger partial charge in [0, 0.05) is 30.5 Å². The molecule has 5 atom stereocenters. The predicted molar refractivity (Wildman–Crippen MR) is 126 cm³/mol. The number of hydrogen-bond acceptors (Lipinski definition) is 5. The van der Waals surface area contributed by atoms with Gasteiger partial charge in [-0.1, -0.05) is 34.6 Å². The summed E-state index contributed by atoms with van der Waals surface area (Å²) >= 11 is 0. The number of rotatable bonds is 17. The quantitative estimate of drug-likeness (QED) is 0.233. The van der Waals surface area contributed by atoms with Crippen LogP contribution >= 0.6 is 0 Å². The molecule has 0 aliphatic rings. The number of hydrogen-bond donors (Lipinski definition) is 0. The zero-order valence-corrected chi connectivity index (χ0v) is 23.2. The normalized spacial score (nSPS) is 21.6. The molecule has 0 aliphatic heterocycles. The van der Waals surface area contributed by atoms with E-state index in [-0.39, 0.29) is 30.5 Å². The lowest BCUT2D eigenvalue weighted by Gasteiger charge is -2.41. The highest BCUT2D eigenvalue weighted by atomic mass is 28.4. The Balaban J connectivity index is 6.06. The van der Waals surface area contributed by atoms with Crippen molar-refractivity contribution in [2.24, 2.45) is 0 Å². The Hall–Kier alpha value is 0.234. The minimum atomic E-state index is -3.03. The molecule has 0 rings (SSSR count). The average molecular weight is 451 g/mol. The maximum atomic E-state index is 6.63. The zero-order chi connectivity index (χ0) is 22.7. The fourth-order valence-electron chi connectivity index (χ4n) is 2.90. The van der Waals surface area contributed by atoms with Gasteiger partial charge in [-0.15, -0.1) is 0 Å². The maximum Gasteiger partial charge on any atom is 0.503 e. The van der Waals surface area contributed by atoms with Crippen molar-refractivity contribution in [2.45, 2.75) is 144 Å². The third-order valence-electron chi connectivity index (χ3n) is 5.46. The lowest BCUT2D eigenvalue weighted by Crippen LogP contribution is -2.59. The van der Waals surface area contributed by atoms with Gasteiger partial charge >= 0.3 is 17.4 Å². The Bertz CT molecular complexity index is 381. The van der Waals surface area contributed by atoms with Crippen molar-refractivity contribution >= 4 is 17.4 Å². The molecule has 5 unspecified atom stereocenters. The van der Waals surface area contributed by atoms with E-state index in [0.717, 1.165) is 32.1 Å². The minimum absolute atomic E-state index is 0.0697. The first kappa shape index (κ1) is 29.2. The van der Waals surface area contributed by atoms with Crippen LogP contribution in [0, 0.1) is 0 Å². The van der Waals surface area contributed by atoms with Crippen LogP contribution in [0.1, 0.15) is 101 Å². The molecular weight excluding hydrogens is 400 g/mol. The van der Waals surface area contributed by atoms with E-state index in [1.165, 1.54) is 0 Å². The van der Waals surface area contributed by atoms with Crippen LogP contribution in [-0.4, -0.2) is 47.9 Å². The standard InChI is InChI=1S/C22H50O5Si2/c1-12-18(6)23-28(11,24-19(7)13-2)17-29(25-20(8)14-3,26-21(9)15-4)27-22(10)16-5/h18-22H,12-17H2,1-11H3. The van der Waals surface area contributed by atoms with Crippen LogP contribution in [0.2, 0.25) is 12.2 Å². The SMILES string of the molecule is CCC(C)O[Si](C)(C[Si](OC(C)CC)(OC(C)CC)OC(C)CC)OC(C)CC. The molecule has 0 amide bonds. The highest BCUT2D eigenvalue weighted by Crippen LogP contribution is 2.32. The maximum absolute atomic E-state index is 6.63. The van der Waals surface area contributed by atoms with Gasteiger partial charge in [0.25, 0.3) is 0 Å². The van der Waals surface area contributed by atoms with Crippen LogP contribution in [0.15, 0.2) is 0 Å². The summed E-state index contributed by atoms with van der Waals surface area (Å²) in [7, 11) is -5.64. The summed E-state index contributed by atoms with van der Waals surface area (Å²) in [6.45, 7) is 23.4. The molecule has 0 heterocycles. The summed E-state index contributed by atoms with van der Waals surface area (Å²) in [5.41, 5.74) is 0.619. The molecule has 176 valence electrons. The Morgan fingerprint density at radius 3 is 0.966 bits per heavy atom. The van der Waals surface area contributed by atoms with Gasteiger partial charge in [0.2, 0.25) is 0 Å². The smallest absolute Gasteiger partial charge is 0.392 e. The van der Waals surface area contributed by atoms with Gasteiger partial charge in [0.05, 0.1) is 5.67 Å². The molecule has 0 bridgehead atoms. The van der Waals surface area contributed by atoms with Crippen molar-refractivity contribution in [1.82, 2.24) is 0 Å². The zero-order valence-electron chi connectivity index (χ0n) is 21.2. The van der Waals surface area contributed by atoms with E-state index in [4.69, 9.17) is 22.1 Å². The Labute approximate surface area is 183 Å². The first-order valence-corrected chi connectivity index (χ1v) is 16.3. The monoisotopic (exact) mass is 450 g/mol. The molecule has 0 N–H and O–H groups in total. The topological polar surface area (TPSA) is 46.2 Å². The van der Waals surface area contributed by atoms with Gasteiger partial charge < -0.3 is 22.1 Å². The summed E-state index contributed by atoms with van der Waals surface area (Å²) in [6, 6.07) is 0. The third kappa shape index (κ3) is 11.4. The van der Waals surface area contributed by atoms with Gasteiger partial charge in [0.1, 0.15) is 0 Å². The largest absolute Gasteiger partial charge is 0.503 e. The van der Waals surface area contributed by atoms with Crippen molar-refractivity contribution in [3.05, 3.63) is 0 Å². The van der Waals surface area contributed by atoms with Crippen molar-refractivity contribution in [1.29, 1.82) is 0 Å². The highest BCUT2D eigenvalue weighted by molar-refractivity contribution is 6.82. The van der Waals surface area contributed by atoms with Crippen LogP contribution < -0.4 is 0 Å².